The number of benzene rings is 1. The predicted molar refractivity (Wildman–Crippen MR) is 108 cm³/mol. The first-order valence-corrected chi connectivity index (χ1v) is 9.43. The summed E-state index contributed by atoms with van der Waals surface area (Å²) in [6.07, 6.45) is 5.52. The van der Waals surface area contributed by atoms with Crippen molar-refractivity contribution in [1.29, 1.82) is 0 Å². The van der Waals surface area contributed by atoms with Gasteiger partial charge in [-0.15, -0.1) is 0 Å². The van der Waals surface area contributed by atoms with Crippen molar-refractivity contribution in [3.05, 3.63) is 47.2 Å². The third kappa shape index (κ3) is 5.01. The second-order valence-electron chi connectivity index (χ2n) is 6.54. The van der Waals surface area contributed by atoms with Gasteiger partial charge in [0.15, 0.2) is 5.96 Å². The Morgan fingerprint density at radius 1 is 1.30 bits per heavy atom. The van der Waals surface area contributed by atoms with Gasteiger partial charge in [-0.2, -0.15) is 5.10 Å². The van der Waals surface area contributed by atoms with Crippen LogP contribution in [0.15, 0.2) is 41.7 Å². The molecule has 1 aliphatic rings. The van der Waals surface area contributed by atoms with Gasteiger partial charge < -0.3 is 15.1 Å². The maximum Gasteiger partial charge on any atom is 0.246 e. The number of piperazine rings is 1. The highest BCUT2D eigenvalue weighted by Gasteiger charge is 2.27. The van der Waals surface area contributed by atoms with Crippen LogP contribution in [0.3, 0.4) is 0 Å². The number of anilines is 1. The summed E-state index contributed by atoms with van der Waals surface area (Å²) in [5.41, 5.74) is 2.10. The molecule has 7 nitrogen and oxygen atoms in total. The number of rotatable bonds is 5. The van der Waals surface area contributed by atoms with Gasteiger partial charge in [0, 0.05) is 44.9 Å². The van der Waals surface area contributed by atoms with E-state index in [0.717, 1.165) is 42.6 Å². The van der Waals surface area contributed by atoms with Crippen LogP contribution in [0.4, 0.5) is 5.69 Å². The molecule has 0 unspecified atom stereocenters. The summed E-state index contributed by atoms with van der Waals surface area (Å²) >= 11 is 5.91. The highest BCUT2D eigenvalue weighted by atomic mass is 35.5. The number of halogens is 1. The van der Waals surface area contributed by atoms with Crippen molar-refractivity contribution >= 4 is 29.2 Å². The molecule has 144 valence electrons. The molecular formula is C19H25ClN6O. The van der Waals surface area contributed by atoms with Crippen molar-refractivity contribution in [3.8, 4) is 0 Å². The van der Waals surface area contributed by atoms with Crippen molar-refractivity contribution < 1.29 is 4.79 Å². The number of nitrogens with zero attached hydrogens (tertiary/aromatic N) is 5. The fraction of sp³-hybridized carbons (Fsp3) is 0.421. The normalized spacial score (nSPS) is 15.4. The van der Waals surface area contributed by atoms with Crippen LogP contribution in [0.25, 0.3) is 0 Å². The predicted octanol–water partition coefficient (Wildman–Crippen LogP) is 1.93. The zero-order chi connectivity index (χ0) is 19.2. The van der Waals surface area contributed by atoms with E-state index in [1.54, 1.807) is 22.8 Å². The van der Waals surface area contributed by atoms with Gasteiger partial charge in [-0.1, -0.05) is 23.7 Å². The third-order valence-corrected chi connectivity index (χ3v) is 4.83. The summed E-state index contributed by atoms with van der Waals surface area (Å²) in [5, 5.41) is 8.26. The van der Waals surface area contributed by atoms with E-state index in [-0.39, 0.29) is 5.91 Å². The number of carbonyl (C=O) groups is 1. The lowest BCUT2D eigenvalue weighted by molar-refractivity contribution is -0.120. The molecule has 0 radical (unpaired) electrons. The number of aryl methyl sites for hydroxylation is 2. The Balaban J connectivity index is 1.47. The molecule has 1 fully saturated rings. The van der Waals surface area contributed by atoms with E-state index in [2.05, 4.69) is 15.4 Å². The van der Waals surface area contributed by atoms with E-state index in [1.807, 2.05) is 42.4 Å². The van der Waals surface area contributed by atoms with Crippen LogP contribution in [0.2, 0.25) is 5.02 Å². The van der Waals surface area contributed by atoms with Crippen LogP contribution >= 0.6 is 11.6 Å². The van der Waals surface area contributed by atoms with Crippen LogP contribution < -0.4 is 10.2 Å². The molecule has 0 atom stereocenters. The van der Waals surface area contributed by atoms with Gasteiger partial charge >= 0.3 is 0 Å². The zero-order valence-corrected chi connectivity index (χ0v) is 16.5. The lowest BCUT2D eigenvalue weighted by atomic mass is 10.1. The molecular weight excluding hydrogens is 364 g/mol. The number of hydrogen-bond acceptors (Lipinski definition) is 3. The van der Waals surface area contributed by atoms with E-state index in [1.165, 1.54) is 5.56 Å². The van der Waals surface area contributed by atoms with Crippen molar-refractivity contribution in [1.82, 2.24) is 20.0 Å². The van der Waals surface area contributed by atoms with Gasteiger partial charge in [0.2, 0.25) is 5.91 Å². The maximum absolute atomic E-state index is 12.5. The summed E-state index contributed by atoms with van der Waals surface area (Å²) in [6.45, 7) is 2.46. The van der Waals surface area contributed by atoms with Crippen molar-refractivity contribution in [2.75, 3.05) is 38.1 Å². The van der Waals surface area contributed by atoms with Crippen molar-refractivity contribution in [3.63, 3.8) is 0 Å². The minimum atomic E-state index is 0.0540. The Labute approximate surface area is 164 Å². The summed E-state index contributed by atoms with van der Waals surface area (Å²) < 4.78 is 1.70. The summed E-state index contributed by atoms with van der Waals surface area (Å²) in [5.74, 6) is 0.823. The van der Waals surface area contributed by atoms with Crippen LogP contribution in [-0.4, -0.2) is 59.8 Å². The lowest BCUT2D eigenvalue weighted by Gasteiger charge is -2.35. The number of nitrogens with one attached hydrogen (secondary N) is 1. The second-order valence-corrected chi connectivity index (χ2v) is 6.98. The Morgan fingerprint density at radius 2 is 2.07 bits per heavy atom. The number of carbonyl (C=O) groups excluding carboxylic acids is 1. The van der Waals surface area contributed by atoms with Gasteiger partial charge in [-0.05, 0) is 30.5 Å². The Hall–Kier alpha value is -2.54. The molecule has 1 N–H and O–H groups in total. The third-order valence-electron chi connectivity index (χ3n) is 4.57. The molecule has 1 aliphatic heterocycles. The van der Waals surface area contributed by atoms with Gasteiger partial charge in [0.1, 0.15) is 6.54 Å². The van der Waals surface area contributed by atoms with E-state index in [4.69, 9.17) is 11.6 Å². The monoisotopic (exact) mass is 388 g/mol. The molecule has 8 heteroatoms. The first-order valence-electron chi connectivity index (χ1n) is 9.06. The summed E-state index contributed by atoms with van der Waals surface area (Å²) in [6, 6.07) is 7.92. The van der Waals surface area contributed by atoms with Crippen LogP contribution in [0.1, 0.15) is 12.0 Å². The molecule has 0 aliphatic carbocycles. The highest BCUT2D eigenvalue weighted by Crippen LogP contribution is 2.16. The topological polar surface area (TPSA) is 65.8 Å². The Morgan fingerprint density at radius 3 is 2.70 bits per heavy atom. The highest BCUT2D eigenvalue weighted by molar-refractivity contribution is 6.30. The number of aromatic nitrogens is 2. The summed E-state index contributed by atoms with van der Waals surface area (Å²) in [4.78, 5) is 20.6. The largest absolute Gasteiger partial charge is 0.356 e. The molecule has 1 aromatic carbocycles. The van der Waals surface area contributed by atoms with Crippen LogP contribution in [-0.2, 0) is 18.3 Å². The number of amides is 1. The Bertz CT molecular complexity index is 801. The van der Waals surface area contributed by atoms with Crippen LogP contribution in [0, 0.1) is 0 Å². The quantitative estimate of drug-likeness (QED) is 0.483. The van der Waals surface area contributed by atoms with Crippen LogP contribution in [0.5, 0.6) is 0 Å². The SMILES string of the molecule is CN=C(NCCCc1ccc(Cl)cc1)N1CCN(c2cnn(C)c2)C(=O)C1. The van der Waals surface area contributed by atoms with Gasteiger partial charge in [-0.25, -0.2) is 0 Å². The lowest BCUT2D eigenvalue weighted by Crippen LogP contribution is -2.55. The fourth-order valence-electron chi connectivity index (χ4n) is 3.15. The Kier molecular flexibility index (Phi) is 6.34. The molecule has 3 rings (SSSR count). The first kappa shape index (κ1) is 19.2. The van der Waals surface area contributed by atoms with Crippen molar-refractivity contribution in [2.24, 2.45) is 12.0 Å². The zero-order valence-electron chi connectivity index (χ0n) is 15.7. The molecule has 1 amide bonds. The number of guanidine groups is 1. The second kappa shape index (κ2) is 8.90. The average Bonchev–Trinajstić information content (AvgIpc) is 3.09. The smallest absolute Gasteiger partial charge is 0.246 e. The molecule has 0 spiro atoms. The van der Waals surface area contributed by atoms with Gasteiger partial charge in [0.05, 0.1) is 11.9 Å². The maximum atomic E-state index is 12.5. The van der Waals surface area contributed by atoms with E-state index < -0.39 is 0 Å². The molecule has 1 aromatic heterocycles. The summed E-state index contributed by atoms with van der Waals surface area (Å²) in [7, 11) is 3.60. The first-order chi connectivity index (χ1) is 13.1. The molecule has 2 heterocycles. The van der Waals surface area contributed by atoms with E-state index in [0.29, 0.717) is 13.1 Å². The molecule has 2 aromatic rings. The van der Waals surface area contributed by atoms with Crippen molar-refractivity contribution in [2.45, 2.75) is 12.8 Å². The van der Waals surface area contributed by atoms with E-state index >= 15 is 0 Å². The minimum absolute atomic E-state index is 0.0540. The van der Waals surface area contributed by atoms with E-state index in [9.17, 15) is 4.79 Å². The fourth-order valence-corrected chi connectivity index (χ4v) is 3.28. The number of aliphatic imine (C=N–C) groups is 1. The molecule has 0 bridgehead atoms. The van der Waals surface area contributed by atoms with Gasteiger partial charge in [0.25, 0.3) is 0 Å². The van der Waals surface area contributed by atoms with Gasteiger partial charge in [-0.3, -0.25) is 14.5 Å². The number of hydrogen-bond donors (Lipinski definition) is 1. The molecule has 1 saturated heterocycles. The average molecular weight is 389 g/mol. The standard InChI is InChI=1S/C19H25ClN6O/c1-21-19(22-9-3-4-15-5-7-16(20)8-6-15)25-10-11-26(18(27)14-25)17-12-23-24(2)13-17/h5-8,12-13H,3-4,9-11,14H2,1-2H3,(H,21,22). The molecule has 27 heavy (non-hydrogen) atoms. The molecule has 0 saturated carbocycles. The minimum Gasteiger partial charge on any atom is -0.356 e.